The van der Waals surface area contributed by atoms with Gasteiger partial charge >= 0.3 is 0 Å². The molecule has 0 bridgehead atoms. The maximum absolute atomic E-state index is 5.16. The summed E-state index contributed by atoms with van der Waals surface area (Å²) in [4.78, 5) is 15.3. The number of rotatable bonds is 4. The van der Waals surface area contributed by atoms with E-state index in [1.165, 1.54) is 66.4 Å². The lowest BCUT2D eigenvalue weighted by molar-refractivity contribution is 0.749. The van der Waals surface area contributed by atoms with Gasteiger partial charge in [-0.2, -0.15) is 0 Å². The Hall–Kier alpha value is -7.95. The second-order valence-electron chi connectivity index (χ2n) is 15.8. The molecule has 278 valence electrons. The van der Waals surface area contributed by atoms with Crippen molar-refractivity contribution in [3.8, 4) is 62.1 Å². The van der Waals surface area contributed by atoms with Gasteiger partial charge in [-0.15, -0.1) is 0 Å². The molecule has 3 heterocycles. The van der Waals surface area contributed by atoms with Crippen LogP contribution in [-0.2, 0) is 5.41 Å². The highest BCUT2D eigenvalue weighted by Gasteiger charge is 2.51. The van der Waals surface area contributed by atoms with Gasteiger partial charge in [-0.25, -0.2) is 15.0 Å². The Morgan fingerprint density at radius 1 is 0.300 bits per heavy atom. The largest absolute Gasteiger partial charge is 0.308 e. The topological polar surface area (TPSA) is 43.6 Å². The van der Waals surface area contributed by atoms with Gasteiger partial charge in [0.15, 0.2) is 17.5 Å². The van der Waals surface area contributed by atoms with E-state index >= 15 is 0 Å². The summed E-state index contributed by atoms with van der Waals surface area (Å²) in [5, 5.41) is 4.74. The maximum Gasteiger partial charge on any atom is 0.164 e. The predicted molar refractivity (Wildman–Crippen MR) is 244 cm³/mol. The lowest BCUT2D eigenvalue weighted by Gasteiger charge is -2.40. The normalized spacial score (nSPS) is 13.1. The molecular weight excluding hydrogens is 729 g/mol. The second kappa shape index (κ2) is 12.5. The fourth-order valence-corrected chi connectivity index (χ4v) is 10.5. The van der Waals surface area contributed by atoms with E-state index in [4.69, 9.17) is 15.0 Å². The van der Waals surface area contributed by atoms with E-state index in [2.05, 4.69) is 174 Å². The van der Waals surface area contributed by atoms with Crippen LogP contribution in [0.15, 0.2) is 206 Å². The van der Waals surface area contributed by atoms with Crippen LogP contribution in [0.25, 0.3) is 94.7 Å². The van der Waals surface area contributed by atoms with Crippen LogP contribution in [0.4, 0.5) is 0 Å². The van der Waals surface area contributed by atoms with Crippen molar-refractivity contribution in [3.05, 3.63) is 229 Å². The minimum absolute atomic E-state index is 0.523. The molecule has 11 aromatic rings. The summed E-state index contributed by atoms with van der Waals surface area (Å²) < 4.78 is 2.56. The monoisotopic (exact) mass is 762 g/mol. The molecule has 9 aromatic carbocycles. The van der Waals surface area contributed by atoms with Crippen LogP contribution in [0, 0.1) is 0 Å². The molecule has 0 unspecified atom stereocenters. The summed E-state index contributed by atoms with van der Waals surface area (Å²) in [6.07, 6.45) is 0. The van der Waals surface area contributed by atoms with Gasteiger partial charge in [0.05, 0.1) is 22.1 Å². The molecule has 13 rings (SSSR count). The Labute approximate surface area is 346 Å². The van der Waals surface area contributed by atoms with Crippen LogP contribution >= 0.6 is 0 Å². The fraction of sp³-hybridized carbons (Fsp3) is 0.0179. The third kappa shape index (κ3) is 4.42. The third-order valence-electron chi connectivity index (χ3n) is 12.9. The summed E-state index contributed by atoms with van der Waals surface area (Å²) in [6.45, 7) is 0. The number of hydrogen-bond donors (Lipinski definition) is 0. The number of fused-ring (bicyclic) bond motifs is 13. The molecule has 0 N–H and O–H groups in total. The predicted octanol–water partition coefficient (Wildman–Crippen LogP) is 13.5. The molecular formula is C56H34N4. The number of benzene rings is 9. The van der Waals surface area contributed by atoms with Crippen LogP contribution in [-0.4, -0.2) is 19.5 Å². The molecule has 1 aliphatic heterocycles. The number of aromatic nitrogens is 4. The van der Waals surface area contributed by atoms with Crippen LogP contribution in [0.2, 0.25) is 0 Å². The fourth-order valence-electron chi connectivity index (χ4n) is 10.5. The Morgan fingerprint density at radius 2 is 0.767 bits per heavy atom. The van der Waals surface area contributed by atoms with Crippen molar-refractivity contribution in [1.82, 2.24) is 19.5 Å². The highest BCUT2D eigenvalue weighted by molar-refractivity contribution is 6.14. The minimum Gasteiger partial charge on any atom is -0.308 e. The van der Waals surface area contributed by atoms with Crippen molar-refractivity contribution in [2.45, 2.75) is 5.41 Å². The first-order chi connectivity index (χ1) is 29.8. The van der Waals surface area contributed by atoms with Crippen molar-refractivity contribution in [1.29, 1.82) is 0 Å². The molecule has 1 spiro atoms. The Bertz CT molecular complexity index is 3440. The highest BCUT2D eigenvalue weighted by atomic mass is 15.0. The first-order valence-corrected chi connectivity index (χ1v) is 20.5. The molecule has 2 aromatic heterocycles. The van der Waals surface area contributed by atoms with E-state index in [1.807, 2.05) is 36.4 Å². The van der Waals surface area contributed by atoms with Crippen LogP contribution in [0.5, 0.6) is 0 Å². The third-order valence-corrected chi connectivity index (χ3v) is 12.9. The van der Waals surface area contributed by atoms with Gasteiger partial charge in [-0.05, 0) is 61.8 Å². The molecule has 1 aliphatic carbocycles. The Kier molecular flexibility index (Phi) is 6.90. The van der Waals surface area contributed by atoms with Gasteiger partial charge in [0.25, 0.3) is 0 Å². The lowest BCUT2D eigenvalue weighted by atomic mass is 9.65. The van der Waals surface area contributed by atoms with Crippen LogP contribution < -0.4 is 0 Å². The first kappa shape index (κ1) is 33.1. The zero-order valence-electron chi connectivity index (χ0n) is 32.4. The van der Waals surface area contributed by atoms with Crippen molar-refractivity contribution in [3.63, 3.8) is 0 Å². The zero-order valence-corrected chi connectivity index (χ0v) is 32.4. The molecule has 2 aliphatic rings. The van der Waals surface area contributed by atoms with E-state index in [9.17, 15) is 0 Å². The van der Waals surface area contributed by atoms with E-state index in [1.54, 1.807) is 0 Å². The summed E-state index contributed by atoms with van der Waals surface area (Å²) in [5.74, 6) is 1.94. The van der Waals surface area contributed by atoms with Crippen LogP contribution in [0.1, 0.15) is 22.3 Å². The van der Waals surface area contributed by atoms with E-state index in [-0.39, 0.29) is 0 Å². The average molecular weight is 763 g/mol. The van der Waals surface area contributed by atoms with E-state index in [0.29, 0.717) is 17.5 Å². The Balaban J connectivity index is 1.12. The van der Waals surface area contributed by atoms with Gasteiger partial charge in [0.2, 0.25) is 0 Å². The lowest BCUT2D eigenvalue weighted by Crippen LogP contribution is -2.33. The summed E-state index contributed by atoms with van der Waals surface area (Å²) >= 11 is 0. The number of hydrogen-bond acceptors (Lipinski definition) is 3. The van der Waals surface area contributed by atoms with Crippen molar-refractivity contribution < 1.29 is 0 Å². The van der Waals surface area contributed by atoms with Gasteiger partial charge in [0.1, 0.15) is 0 Å². The second-order valence-corrected chi connectivity index (χ2v) is 15.8. The molecule has 0 fully saturated rings. The molecule has 4 heteroatoms. The molecule has 4 nitrogen and oxygen atoms in total. The number of para-hydroxylation sites is 3. The highest BCUT2D eigenvalue weighted by Crippen LogP contribution is 2.62. The molecule has 0 radical (unpaired) electrons. The molecule has 60 heavy (non-hydrogen) atoms. The first-order valence-electron chi connectivity index (χ1n) is 20.5. The van der Waals surface area contributed by atoms with Crippen molar-refractivity contribution in [2.75, 3.05) is 0 Å². The van der Waals surface area contributed by atoms with Gasteiger partial charge < -0.3 is 4.57 Å². The van der Waals surface area contributed by atoms with Gasteiger partial charge in [0, 0.05) is 33.0 Å². The summed E-state index contributed by atoms with van der Waals surface area (Å²) in [6, 6.07) is 74.5. The van der Waals surface area contributed by atoms with E-state index < -0.39 is 5.41 Å². The SMILES string of the molecule is c1ccc(-c2nc(-c3ccccc3)nc(-c3ccc(-c4cccc5c4-n4c6ccccc6c6cccc(c64)C54c5ccccc5-c5ccccc54)c4ccccc34)n2)cc1. The summed E-state index contributed by atoms with van der Waals surface area (Å²) in [7, 11) is 0. The minimum atomic E-state index is -0.523. The van der Waals surface area contributed by atoms with Crippen LogP contribution in [0.3, 0.4) is 0 Å². The quantitative estimate of drug-likeness (QED) is 0.179. The van der Waals surface area contributed by atoms with Gasteiger partial charge in [-0.1, -0.05) is 194 Å². The molecule has 0 amide bonds. The van der Waals surface area contributed by atoms with Crippen molar-refractivity contribution >= 4 is 32.6 Å². The maximum atomic E-state index is 5.16. The molecule has 0 saturated carbocycles. The number of nitrogens with zero attached hydrogens (tertiary/aromatic N) is 4. The molecule has 0 saturated heterocycles. The zero-order chi connectivity index (χ0) is 39.4. The standard InChI is InChI=1S/C56H34N4/c1-3-17-35(18-4-1)53-57-54(36-19-5-2-6-20-36)59-55(58-53)45-34-33-39(37-21-7-8-22-38(37)45)43-26-15-30-48-51(43)60-50-32-14-11-25-42(50)44-27-16-31-49(52(44)60)56(48)46-28-12-9-23-40(46)41-24-10-13-29-47(41)56/h1-34H. The van der Waals surface area contributed by atoms with E-state index in [0.717, 1.165) is 33.0 Å². The summed E-state index contributed by atoms with van der Waals surface area (Å²) in [5.41, 5.74) is 16.2. The van der Waals surface area contributed by atoms with Gasteiger partial charge in [-0.3, -0.25) is 0 Å². The van der Waals surface area contributed by atoms with Crippen molar-refractivity contribution in [2.24, 2.45) is 0 Å². The Morgan fingerprint density at radius 3 is 1.45 bits per heavy atom. The smallest absolute Gasteiger partial charge is 0.164 e. The average Bonchev–Trinajstić information content (AvgIpc) is 3.82. The molecule has 0 atom stereocenters.